The summed E-state index contributed by atoms with van der Waals surface area (Å²) in [4.78, 5) is 15.0. The zero-order chi connectivity index (χ0) is 20.4. The number of hydrogen-bond donors (Lipinski definition) is 3. The molecular formula is C22H30N2O4. The molecule has 0 saturated carbocycles. The van der Waals surface area contributed by atoms with Gasteiger partial charge in [0.1, 0.15) is 6.10 Å². The Morgan fingerprint density at radius 1 is 1.11 bits per heavy atom. The molecule has 0 aliphatic rings. The fourth-order valence-electron chi connectivity index (χ4n) is 2.97. The van der Waals surface area contributed by atoms with Crippen LogP contribution in [-0.2, 0) is 11.2 Å². The average molecular weight is 386 g/mol. The quantitative estimate of drug-likeness (QED) is 0.379. The standard InChI is InChI=1S/C22H30N2O4/c1-24(2)20-11-7-6-10-18(20)14-21(22(27)17-8-4-3-5-9-17)28-16-19(26)15-23-12-13-25/h3-11,19,21,23,25-26H,12-16H2,1-2H3. The van der Waals surface area contributed by atoms with Gasteiger partial charge in [-0.3, -0.25) is 4.79 Å². The van der Waals surface area contributed by atoms with Gasteiger partial charge >= 0.3 is 0 Å². The number of anilines is 1. The van der Waals surface area contributed by atoms with E-state index in [0.717, 1.165) is 11.3 Å². The smallest absolute Gasteiger partial charge is 0.191 e. The lowest BCUT2D eigenvalue weighted by molar-refractivity contribution is -0.00181. The Balaban J connectivity index is 2.14. The summed E-state index contributed by atoms with van der Waals surface area (Å²) in [6.07, 6.45) is -1.04. The number of benzene rings is 2. The van der Waals surface area contributed by atoms with E-state index in [-0.39, 0.29) is 19.0 Å². The molecule has 0 bridgehead atoms. The van der Waals surface area contributed by atoms with Gasteiger partial charge in [-0.05, 0) is 11.6 Å². The Hall–Kier alpha value is -2.25. The zero-order valence-electron chi connectivity index (χ0n) is 16.5. The van der Waals surface area contributed by atoms with Crippen LogP contribution in [-0.4, -0.2) is 68.6 Å². The van der Waals surface area contributed by atoms with Crippen LogP contribution in [0.1, 0.15) is 15.9 Å². The molecule has 6 nitrogen and oxygen atoms in total. The molecular weight excluding hydrogens is 356 g/mol. The van der Waals surface area contributed by atoms with Crippen LogP contribution in [0.15, 0.2) is 54.6 Å². The Morgan fingerprint density at radius 3 is 2.46 bits per heavy atom. The lowest BCUT2D eigenvalue weighted by Crippen LogP contribution is -2.36. The SMILES string of the molecule is CN(C)c1ccccc1CC(OCC(O)CNCCO)C(=O)c1ccccc1. The van der Waals surface area contributed by atoms with Gasteiger partial charge in [0.05, 0.1) is 19.3 Å². The molecule has 2 atom stereocenters. The van der Waals surface area contributed by atoms with Crippen LogP contribution in [0.4, 0.5) is 5.69 Å². The van der Waals surface area contributed by atoms with Gasteiger partial charge in [-0.1, -0.05) is 48.5 Å². The van der Waals surface area contributed by atoms with Gasteiger partial charge in [-0.15, -0.1) is 0 Å². The predicted molar refractivity (Wildman–Crippen MR) is 111 cm³/mol. The van der Waals surface area contributed by atoms with Gasteiger partial charge < -0.3 is 25.2 Å². The van der Waals surface area contributed by atoms with Crippen LogP contribution >= 0.6 is 0 Å². The van der Waals surface area contributed by atoms with E-state index in [1.807, 2.05) is 61.5 Å². The first kappa shape index (κ1) is 22.0. The summed E-state index contributed by atoms with van der Waals surface area (Å²) in [6.45, 7) is 0.733. The molecule has 0 aliphatic heterocycles. The van der Waals surface area contributed by atoms with E-state index >= 15 is 0 Å². The second kappa shape index (κ2) is 11.6. The number of nitrogens with zero attached hydrogens (tertiary/aromatic N) is 1. The van der Waals surface area contributed by atoms with Crippen molar-refractivity contribution >= 4 is 11.5 Å². The van der Waals surface area contributed by atoms with Crippen molar-refractivity contribution in [1.29, 1.82) is 0 Å². The minimum absolute atomic E-state index is 0.00398. The maximum Gasteiger partial charge on any atom is 0.191 e. The summed E-state index contributed by atoms with van der Waals surface area (Å²) in [6, 6.07) is 17.0. The molecule has 0 aliphatic carbocycles. The average Bonchev–Trinajstić information content (AvgIpc) is 2.71. The molecule has 2 aromatic rings. The van der Waals surface area contributed by atoms with Gasteiger partial charge in [0, 0.05) is 44.9 Å². The number of rotatable bonds is 12. The lowest BCUT2D eigenvalue weighted by atomic mass is 9.98. The fraction of sp³-hybridized carbons (Fsp3) is 0.409. The van der Waals surface area contributed by atoms with E-state index in [9.17, 15) is 9.90 Å². The second-order valence-electron chi connectivity index (χ2n) is 6.86. The number of para-hydroxylation sites is 1. The van der Waals surface area contributed by atoms with Crippen molar-refractivity contribution in [2.24, 2.45) is 0 Å². The molecule has 0 saturated heterocycles. The number of hydrogen-bond acceptors (Lipinski definition) is 6. The van der Waals surface area contributed by atoms with E-state index in [0.29, 0.717) is 25.1 Å². The normalized spacial score (nSPS) is 13.1. The molecule has 152 valence electrons. The van der Waals surface area contributed by atoms with Crippen LogP contribution in [0, 0.1) is 0 Å². The van der Waals surface area contributed by atoms with E-state index < -0.39 is 12.2 Å². The van der Waals surface area contributed by atoms with Crippen LogP contribution < -0.4 is 10.2 Å². The molecule has 2 rings (SSSR count). The first-order valence-electron chi connectivity index (χ1n) is 9.48. The third-order valence-electron chi connectivity index (χ3n) is 4.39. The van der Waals surface area contributed by atoms with E-state index in [1.54, 1.807) is 12.1 Å². The molecule has 2 unspecified atom stereocenters. The molecule has 0 aromatic heterocycles. The van der Waals surface area contributed by atoms with Gasteiger partial charge in [0.2, 0.25) is 0 Å². The topological polar surface area (TPSA) is 82.0 Å². The van der Waals surface area contributed by atoms with Crippen LogP contribution in [0.5, 0.6) is 0 Å². The summed E-state index contributed by atoms with van der Waals surface area (Å²) in [5, 5.41) is 21.8. The molecule has 0 fully saturated rings. The van der Waals surface area contributed by atoms with Crippen molar-refractivity contribution in [3.8, 4) is 0 Å². The van der Waals surface area contributed by atoms with E-state index in [4.69, 9.17) is 9.84 Å². The third kappa shape index (κ3) is 6.73. The van der Waals surface area contributed by atoms with Crippen molar-refractivity contribution in [2.75, 3.05) is 45.3 Å². The Morgan fingerprint density at radius 2 is 1.79 bits per heavy atom. The summed E-state index contributed by atoms with van der Waals surface area (Å²) < 4.78 is 5.87. The van der Waals surface area contributed by atoms with Crippen LogP contribution in [0.3, 0.4) is 0 Å². The summed E-state index contributed by atoms with van der Waals surface area (Å²) in [5.74, 6) is -0.107. The monoisotopic (exact) mass is 386 g/mol. The van der Waals surface area contributed by atoms with Crippen molar-refractivity contribution in [1.82, 2.24) is 5.32 Å². The maximum absolute atomic E-state index is 13.0. The molecule has 0 heterocycles. The maximum atomic E-state index is 13.0. The number of carbonyl (C=O) groups is 1. The highest BCUT2D eigenvalue weighted by Gasteiger charge is 2.23. The molecule has 28 heavy (non-hydrogen) atoms. The molecule has 0 spiro atoms. The molecule has 0 amide bonds. The molecule has 0 radical (unpaired) electrons. The van der Waals surface area contributed by atoms with Crippen LogP contribution in [0.2, 0.25) is 0 Å². The Kier molecular flexibility index (Phi) is 9.10. The van der Waals surface area contributed by atoms with Crippen molar-refractivity contribution in [3.05, 3.63) is 65.7 Å². The van der Waals surface area contributed by atoms with Crippen molar-refractivity contribution in [3.63, 3.8) is 0 Å². The first-order chi connectivity index (χ1) is 13.5. The number of aliphatic hydroxyl groups excluding tert-OH is 2. The van der Waals surface area contributed by atoms with Gasteiger partial charge in [-0.2, -0.15) is 0 Å². The van der Waals surface area contributed by atoms with Crippen LogP contribution in [0.25, 0.3) is 0 Å². The fourth-order valence-corrected chi connectivity index (χ4v) is 2.97. The first-order valence-corrected chi connectivity index (χ1v) is 9.48. The minimum atomic E-state index is -0.762. The third-order valence-corrected chi connectivity index (χ3v) is 4.39. The van der Waals surface area contributed by atoms with Crippen molar-refractivity contribution in [2.45, 2.75) is 18.6 Å². The molecule has 6 heteroatoms. The number of aliphatic hydroxyl groups is 2. The largest absolute Gasteiger partial charge is 0.395 e. The lowest BCUT2D eigenvalue weighted by Gasteiger charge is -2.23. The highest BCUT2D eigenvalue weighted by Crippen LogP contribution is 2.22. The van der Waals surface area contributed by atoms with Crippen molar-refractivity contribution < 1.29 is 19.7 Å². The summed E-state index contributed by atoms with van der Waals surface area (Å²) in [5.41, 5.74) is 2.62. The second-order valence-corrected chi connectivity index (χ2v) is 6.86. The van der Waals surface area contributed by atoms with Gasteiger partial charge in [0.25, 0.3) is 0 Å². The number of nitrogens with one attached hydrogen (secondary N) is 1. The number of carbonyl (C=O) groups excluding carboxylic acids is 1. The van der Waals surface area contributed by atoms with Gasteiger partial charge in [0.15, 0.2) is 5.78 Å². The molecule has 3 N–H and O–H groups in total. The number of ketones is 1. The number of Topliss-reactive ketones (excluding diaryl/α,β-unsaturated/α-hetero) is 1. The minimum Gasteiger partial charge on any atom is -0.395 e. The highest BCUT2D eigenvalue weighted by atomic mass is 16.5. The summed E-state index contributed by atoms with van der Waals surface area (Å²) in [7, 11) is 3.93. The van der Waals surface area contributed by atoms with Gasteiger partial charge in [-0.25, -0.2) is 0 Å². The Labute approximate surface area is 166 Å². The Bertz CT molecular complexity index is 721. The predicted octanol–water partition coefficient (Wildman–Crippen LogP) is 1.51. The molecule has 2 aromatic carbocycles. The van der Waals surface area contributed by atoms with E-state index in [2.05, 4.69) is 5.32 Å². The summed E-state index contributed by atoms with van der Waals surface area (Å²) >= 11 is 0. The number of ether oxygens (including phenoxy) is 1. The van der Waals surface area contributed by atoms with E-state index in [1.165, 1.54) is 0 Å². The highest BCUT2D eigenvalue weighted by molar-refractivity contribution is 5.99. The zero-order valence-corrected chi connectivity index (χ0v) is 16.5.